The largest absolute Gasteiger partial charge is 0.507 e. The maximum absolute atomic E-state index is 12.4. The van der Waals surface area contributed by atoms with Crippen LogP contribution in [0.4, 0.5) is 0 Å². The summed E-state index contributed by atoms with van der Waals surface area (Å²) in [6, 6.07) is 11.8. The van der Waals surface area contributed by atoms with Crippen LogP contribution in [0.25, 0.3) is 32.1 Å². The molecule has 0 aliphatic rings. The topological polar surface area (TPSA) is 65.1 Å². The van der Waals surface area contributed by atoms with Crippen molar-refractivity contribution in [1.29, 1.82) is 0 Å². The van der Waals surface area contributed by atoms with Crippen LogP contribution < -0.4 is 10.9 Å². The Morgan fingerprint density at radius 1 is 1.25 bits per heavy atom. The zero-order chi connectivity index (χ0) is 19.1. The summed E-state index contributed by atoms with van der Waals surface area (Å²) in [7, 11) is 1.95. The smallest absolute Gasteiger partial charge is 0.266 e. The first kappa shape index (κ1) is 20.7. The maximum Gasteiger partial charge on any atom is 0.266 e. The minimum Gasteiger partial charge on any atom is -0.507 e. The number of rotatable bonds is 4. The molecule has 0 aliphatic carbocycles. The van der Waals surface area contributed by atoms with E-state index in [1.807, 2.05) is 30.6 Å². The van der Waals surface area contributed by atoms with Gasteiger partial charge in [0, 0.05) is 28.4 Å². The quantitative estimate of drug-likeness (QED) is 0.376. The summed E-state index contributed by atoms with van der Waals surface area (Å²) in [5.74, 6) is 0.0976. The number of nitrogens with one attached hydrogen (secondary N) is 2. The monoisotopic (exact) mass is 434 g/mol. The third-order valence-corrected chi connectivity index (χ3v) is 6.21. The van der Waals surface area contributed by atoms with E-state index in [4.69, 9.17) is 11.6 Å². The average molecular weight is 435 g/mol. The number of benzene rings is 2. The van der Waals surface area contributed by atoms with E-state index in [-0.39, 0.29) is 29.8 Å². The molecular weight excluding hydrogens is 415 g/mol. The van der Waals surface area contributed by atoms with Gasteiger partial charge in [-0.1, -0.05) is 42.8 Å². The number of fused-ring (bicyclic) bond motifs is 3. The molecule has 28 heavy (non-hydrogen) atoms. The van der Waals surface area contributed by atoms with Crippen LogP contribution in [-0.4, -0.2) is 17.1 Å². The van der Waals surface area contributed by atoms with Crippen LogP contribution in [-0.2, 0) is 0 Å². The maximum atomic E-state index is 12.4. The van der Waals surface area contributed by atoms with Crippen molar-refractivity contribution >= 4 is 56.3 Å². The molecule has 0 spiro atoms. The fraction of sp³-hybridized carbons (Fsp3) is 0.190. The second-order valence-electron chi connectivity index (χ2n) is 6.49. The molecule has 0 aliphatic heterocycles. The summed E-state index contributed by atoms with van der Waals surface area (Å²) in [6.45, 7) is 2.14. The van der Waals surface area contributed by atoms with Gasteiger partial charge in [0.05, 0.1) is 10.5 Å². The van der Waals surface area contributed by atoms with E-state index in [0.717, 1.165) is 22.8 Å². The Morgan fingerprint density at radius 2 is 1.96 bits per heavy atom. The summed E-state index contributed by atoms with van der Waals surface area (Å²) in [4.78, 5) is 15.2. The molecule has 1 atom stereocenters. The Bertz CT molecular complexity index is 1200. The molecule has 0 fully saturated rings. The number of pyridine rings is 1. The molecule has 2 aromatic heterocycles. The van der Waals surface area contributed by atoms with E-state index in [1.165, 1.54) is 23.0 Å². The van der Waals surface area contributed by atoms with Gasteiger partial charge in [0.2, 0.25) is 0 Å². The second kappa shape index (κ2) is 8.13. The van der Waals surface area contributed by atoms with Crippen molar-refractivity contribution in [2.45, 2.75) is 19.4 Å². The number of H-pyrrole nitrogens is 1. The summed E-state index contributed by atoms with van der Waals surface area (Å²) >= 11 is 7.71. The van der Waals surface area contributed by atoms with Crippen molar-refractivity contribution in [3.05, 3.63) is 62.7 Å². The number of halogens is 2. The van der Waals surface area contributed by atoms with Crippen molar-refractivity contribution in [2.75, 3.05) is 7.05 Å². The van der Waals surface area contributed by atoms with Crippen LogP contribution in [0.15, 0.2) is 46.6 Å². The Balaban J connectivity index is 0.00000225. The molecule has 2 heterocycles. The molecule has 0 amide bonds. The minimum absolute atomic E-state index is 0. The molecule has 7 heteroatoms. The fourth-order valence-electron chi connectivity index (χ4n) is 3.66. The molecule has 4 aromatic rings. The second-order valence-corrected chi connectivity index (χ2v) is 7.81. The van der Waals surface area contributed by atoms with E-state index in [1.54, 1.807) is 0 Å². The van der Waals surface area contributed by atoms with E-state index in [0.29, 0.717) is 20.8 Å². The first-order valence-corrected chi connectivity index (χ1v) is 10.0. The highest BCUT2D eigenvalue weighted by molar-refractivity contribution is 7.17. The number of aromatic amines is 1. The van der Waals surface area contributed by atoms with Crippen molar-refractivity contribution < 1.29 is 5.11 Å². The van der Waals surface area contributed by atoms with Crippen molar-refractivity contribution in [2.24, 2.45) is 0 Å². The third-order valence-electron chi connectivity index (χ3n) is 5.00. The van der Waals surface area contributed by atoms with Crippen molar-refractivity contribution in [3.8, 4) is 16.9 Å². The van der Waals surface area contributed by atoms with Gasteiger partial charge >= 0.3 is 0 Å². The Morgan fingerprint density at radius 3 is 2.61 bits per heavy atom. The molecule has 0 saturated heterocycles. The van der Waals surface area contributed by atoms with E-state index < -0.39 is 0 Å². The van der Waals surface area contributed by atoms with Gasteiger partial charge in [-0.2, -0.15) is 0 Å². The van der Waals surface area contributed by atoms with Crippen molar-refractivity contribution in [1.82, 2.24) is 10.3 Å². The van der Waals surface area contributed by atoms with Gasteiger partial charge in [0.15, 0.2) is 0 Å². The van der Waals surface area contributed by atoms with Gasteiger partial charge < -0.3 is 15.4 Å². The SMILES string of the molecule is CCC(NC)c1ccc(-c2c(O)cc(Cl)c3[nH]c(=O)c4sccc4c23)cc1.Cl. The number of aromatic nitrogens is 1. The molecule has 3 N–H and O–H groups in total. The highest BCUT2D eigenvalue weighted by Gasteiger charge is 2.18. The average Bonchev–Trinajstić information content (AvgIpc) is 3.15. The van der Waals surface area contributed by atoms with Crippen molar-refractivity contribution in [3.63, 3.8) is 0 Å². The van der Waals surface area contributed by atoms with Gasteiger partial charge in [0.1, 0.15) is 10.4 Å². The lowest BCUT2D eigenvalue weighted by Crippen LogP contribution is -2.14. The number of phenols is 1. The standard InChI is InChI=1S/C21H19ClN2O2S.ClH/c1-3-15(23-2)11-4-6-12(7-5-11)17-16(25)10-14(22)19-18(17)13-8-9-27-20(13)21(26)24-19;/h4-10,15,23,25H,3H2,1-2H3,(H,24,26);1H. The fourth-order valence-corrected chi connectivity index (χ4v) is 4.70. The Hall–Kier alpha value is -2.05. The van der Waals surface area contributed by atoms with Crippen LogP contribution in [0.5, 0.6) is 5.75 Å². The van der Waals surface area contributed by atoms with E-state index >= 15 is 0 Å². The Labute approximate surface area is 177 Å². The number of hydrogen-bond donors (Lipinski definition) is 3. The van der Waals surface area contributed by atoms with Crippen LogP contribution in [0.2, 0.25) is 5.02 Å². The molecule has 0 radical (unpaired) electrons. The minimum atomic E-state index is -0.166. The zero-order valence-electron chi connectivity index (χ0n) is 15.4. The highest BCUT2D eigenvalue weighted by atomic mass is 35.5. The molecular formula is C21H20Cl2N2O2S. The van der Waals surface area contributed by atoms with Crippen LogP contribution in [0.3, 0.4) is 0 Å². The molecule has 4 nitrogen and oxygen atoms in total. The molecule has 4 rings (SSSR count). The first-order chi connectivity index (χ1) is 13.0. The van der Waals surface area contributed by atoms with E-state index in [9.17, 15) is 9.90 Å². The molecule has 2 aromatic carbocycles. The molecule has 0 saturated carbocycles. The van der Waals surface area contributed by atoms with Gasteiger partial charge in [-0.05, 0) is 36.0 Å². The van der Waals surface area contributed by atoms with Gasteiger partial charge in [-0.25, -0.2) is 0 Å². The van der Waals surface area contributed by atoms with Gasteiger partial charge in [-0.15, -0.1) is 23.7 Å². The summed E-state index contributed by atoms with van der Waals surface area (Å²) in [5, 5.41) is 17.8. The lowest BCUT2D eigenvalue weighted by molar-refractivity contribution is 0.478. The van der Waals surface area contributed by atoms with Crippen LogP contribution >= 0.6 is 35.3 Å². The van der Waals surface area contributed by atoms with Crippen LogP contribution in [0, 0.1) is 0 Å². The van der Waals surface area contributed by atoms with E-state index in [2.05, 4.69) is 29.4 Å². The lowest BCUT2D eigenvalue weighted by Gasteiger charge is -2.16. The predicted molar refractivity (Wildman–Crippen MR) is 121 cm³/mol. The molecule has 146 valence electrons. The number of aromatic hydroxyl groups is 1. The third kappa shape index (κ3) is 3.29. The number of phenolic OH excluding ortho intramolecular Hbond substituents is 1. The predicted octanol–water partition coefficient (Wildman–Crippen LogP) is 5.86. The Kier molecular flexibility index (Phi) is 6.01. The van der Waals surface area contributed by atoms with Crippen LogP contribution in [0.1, 0.15) is 24.9 Å². The normalized spacial score (nSPS) is 12.2. The molecule has 1 unspecified atom stereocenters. The summed E-state index contributed by atoms with van der Waals surface area (Å²) < 4.78 is 0.628. The summed E-state index contributed by atoms with van der Waals surface area (Å²) in [5.41, 5.74) is 3.13. The number of hydrogen-bond acceptors (Lipinski definition) is 4. The lowest BCUT2D eigenvalue weighted by atomic mass is 9.95. The van der Waals surface area contributed by atoms with Gasteiger partial charge in [-0.3, -0.25) is 4.79 Å². The number of thiophene rings is 1. The zero-order valence-corrected chi connectivity index (χ0v) is 17.8. The first-order valence-electron chi connectivity index (χ1n) is 8.77. The molecule has 0 bridgehead atoms. The highest BCUT2D eigenvalue weighted by Crippen LogP contribution is 2.42. The summed E-state index contributed by atoms with van der Waals surface area (Å²) in [6.07, 6.45) is 0.988. The van der Waals surface area contributed by atoms with Gasteiger partial charge in [0.25, 0.3) is 5.56 Å².